The molecule has 4 heteroatoms. The number of aromatic nitrogens is 1. The molecule has 0 aliphatic rings. The van der Waals surface area contributed by atoms with Crippen LogP contribution in [-0.4, -0.2) is 4.40 Å². The summed E-state index contributed by atoms with van der Waals surface area (Å²) in [6.45, 7) is 2.06. The van der Waals surface area contributed by atoms with Crippen molar-refractivity contribution in [2.75, 3.05) is 0 Å². The van der Waals surface area contributed by atoms with Gasteiger partial charge in [0.05, 0.1) is 5.52 Å². The average molecular weight is 416 g/mol. The van der Waals surface area contributed by atoms with E-state index in [4.69, 9.17) is 11.6 Å². The normalized spacial score (nSPS) is 11.9. The van der Waals surface area contributed by atoms with Crippen molar-refractivity contribution in [3.63, 3.8) is 0 Å². The highest BCUT2D eigenvalue weighted by Gasteiger charge is 2.34. The maximum absolute atomic E-state index is 15.1. The minimum Gasteiger partial charge on any atom is -0.316 e. The first-order chi connectivity index (χ1) is 14.1. The minimum atomic E-state index is -3.13. The van der Waals surface area contributed by atoms with E-state index < -0.39 is 7.14 Å². The lowest BCUT2D eigenvalue weighted by molar-refractivity contribution is 0.592. The first-order valence-corrected chi connectivity index (χ1v) is 11.6. The maximum atomic E-state index is 15.1. The van der Waals surface area contributed by atoms with Gasteiger partial charge in [-0.05, 0) is 42.8 Å². The smallest absolute Gasteiger partial charge is 0.172 e. The highest BCUT2D eigenvalue weighted by atomic mass is 35.5. The standard InChI is InChI=1S/C25H19ClNOP/c1-18-23-13-8-16-27(23)24-15-14-19(26)17-22(24)25(18)29(28,20-9-4-2-5-10-20)21-11-6-3-7-12-21/h2-17H,1H3. The molecule has 2 heterocycles. The van der Waals surface area contributed by atoms with Gasteiger partial charge in [-0.25, -0.2) is 0 Å². The van der Waals surface area contributed by atoms with Crippen molar-refractivity contribution in [1.29, 1.82) is 0 Å². The number of hydrogen-bond acceptors (Lipinski definition) is 1. The second-order valence-corrected chi connectivity index (χ2v) is 10.3. The molecule has 142 valence electrons. The predicted octanol–water partition coefficient (Wildman–Crippen LogP) is 5.69. The molecular weight excluding hydrogens is 397 g/mol. The Bertz CT molecular complexity index is 1350. The van der Waals surface area contributed by atoms with Crippen molar-refractivity contribution >= 4 is 51.1 Å². The Labute approximate surface area is 174 Å². The number of pyridine rings is 1. The van der Waals surface area contributed by atoms with E-state index in [0.29, 0.717) is 5.02 Å². The van der Waals surface area contributed by atoms with Crippen molar-refractivity contribution in [2.45, 2.75) is 6.92 Å². The van der Waals surface area contributed by atoms with E-state index in [1.807, 2.05) is 91.1 Å². The molecule has 0 aliphatic carbocycles. The summed E-state index contributed by atoms with van der Waals surface area (Å²) in [5.41, 5.74) is 3.07. The van der Waals surface area contributed by atoms with Gasteiger partial charge in [0.2, 0.25) is 0 Å². The molecule has 0 amide bonds. The largest absolute Gasteiger partial charge is 0.316 e. The molecule has 0 atom stereocenters. The van der Waals surface area contributed by atoms with Gasteiger partial charge >= 0.3 is 0 Å². The Kier molecular flexibility index (Phi) is 4.35. The summed E-state index contributed by atoms with van der Waals surface area (Å²) in [5, 5.41) is 4.07. The van der Waals surface area contributed by atoms with Crippen LogP contribution in [0.15, 0.2) is 97.2 Å². The summed E-state index contributed by atoms with van der Waals surface area (Å²) in [7, 11) is -3.13. The molecule has 0 aliphatic heterocycles. The molecule has 0 saturated carbocycles. The van der Waals surface area contributed by atoms with E-state index in [0.717, 1.165) is 37.9 Å². The number of hydrogen-bond donors (Lipinski definition) is 0. The lowest BCUT2D eigenvalue weighted by Gasteiger charge is -2.24. The Morgan fingerprint density at radius 3 is 2.00 bits per heavy atom. The molecule has 5 aromatic rings. The van der Waals surface area contributed by atoms with E-state index in [-0.39, 0.29) is 0 Å². The topological polar surface area (TPSA) is 21.5 Å². The van der Waals surface area contributed by atoms with Crippen molar-refractivity contribution in [3.8, 4) is 0 Å². The van der Waals surface area contributed by atoms with Gasteiger partial charge in [0, 0.05) is 38.0 Å². The fourth-order valence-electron chi connectivity index (χ4n) is 4.22. The quantitative estimate of drug-likeness (QED) is 0.347. The minimum absolute atomic E-state index is 0.636. The third kappa shape index (κ3) is 2.75. The molecule has 2 aromatic heterocycles. The molecule has 3 aromatic carbocycles. The molecule has 0 fully saturated rings. The molecule has 0 unspecified atom stereocenters. The van der Waals surface area contributed by atoms with E-state index in [9.17, 15) is 0 Å². The van der Waals surface area contributed by atoms with Crippen LogP contribution in [0.1, 0.15) is 5.56 Å². The number of nitrogens with zero attached hydrogens (tertiary/aromatic N) is 1. The molecule has 0 spiro atoms. The lowest BCUT2D eigenvalue weighted by Crippen LogP contribution is -2.28. The summed E-state index contributed by atoms with van der Waals surface area (Å²) in [6, 6.07) is 29.5. The van der Waals surface area contributed by atoms with Gasteiger partial charge in [-0.3, -0.25) is 0 Å². The summed E-state index contributed by atoms with van der Waals surface area (Å²) in [4.78, 5) is 0. The van der Waals surface area contributed by atoms with E-state index >= 15 is 4.57 Å². The van der Waals surface area contributed by atoms with Crippen LogP contribution in [-0.2, 0) is 4.57 Å². The van der Waals surface area contributed by atoms with Crippen LogP contribution >= 0.6 is 18.7 Å². The third-order valence-corrected chi connectivity index (χ3v) is 9.01. The zero-order chi connectivity index (χ0) is 20.0. The first kappa shape index (κ1) is 18.2. The molecular formula is C25H19ClNOP. The van der Waals surface area contributed by atoms with Gasteiger partial charge in [-0.15, -0.1) is 0 Å². The highest BCUT2D eigenvalue weighted by molar-refractivity contribution is 7.85. The Hall–Kier alpha value is -2.80. The second-order valence-electron chi connectivity index (χ2n) is 7.18. The second kappa shape index (κ2) is 6.91. The SMILES string of the molecule is Cc1c(P(=O)(c2ccccc2)c2ccccc2)c2cc(Cl)ccc2n2cccc12. The lowest BCUT2D eigenvalue weighted by atomic mass is 10.1. The molecule has 5 rings (SSSR count). The Morgan fingerprint density at radius 2 is 1.38 bits per heavy atom. The van der Waals surface area contributed by atoms with Crippen LogP contribution < -0.4 is 15.9 Å². The average Bonchev–Trinajstić information content (AvgIpc) is 3.25. The van der Waals surface area contributed by atoms with E-state index in [2.05, 4.69) is 17.4 Å². The summed E-state index contributed by atoms with van der Waals surface area (Å²) < 4.78 is 17.2. The van der Waals surface area contributed by atoms with Gasteiger partial charge in [-0.2, -0.15) is 0 Å². The van der Waals surface area contributed by atoms with Crippen LogP contribution in [0.5, 0.6) is 0 Å². The van der Waals surface area contributed by atoms with Crippen molar-refractivity contribution < 1.29 is 4.57 Å². The number of halogens is 1. The molecule has 0 saturated heterocycles. The predicted molar refractivity (Wildman–Crippen MR) is 124 cm³/mol. The maximum Gasteiger partial charge on any atom is 0.172 e. The fourth-order valence-corrected chi connectivity index (χ4v) is 7.49. The monoisotopic (exact) mass is 415 g/mol. The number of fused-ring (bicyclic) bond motifs is 3. The van der Waals surface area contributed by atoms with Crippen LogP contribution in [0.3, 0.4) is 0 Å². The van der Waals surface area contributed by atoms with Gasteiger partial charge in [0.1, 0.15) is 0 Å². The highest BCUT2D eigenvalue weighted by Crippen LogP contribution is 2.46. The van der Waals surface area contributed by atoms with Crippen molar-refractivity contribution in [1.82, 2.24) is 4.40 Å². The number of benzene rings is 3. The summed E-state index contributed by atoms with van der Waals surface area (Å²) in [5.74, 6) is 0. The summed E-state index contributed by atoms with van der Waals surface area (Å²) >= 11 is 6.41. The molecule has 0 radical (unpaired) electrons. The molecule has 29 heavy (non-hydrogen) atoms. The van der Waals surface area contributed by atoms with E-state index in [1.54, 1.807) is 0 Å². The van der Waals surface area contributed by atoms with Crippen LogP contribution in [0.2, 0.25) is 5.02 Å². The van der Waals surface area contributed by atoms with Crippen LogP contribution in [0, 0.1) is 6.92 Å². The van der Waals surface area contributed by atoms with Crippen molar-refractivity contribution in [2.24, 2.45) is 0 Å². The number of rotatable bonds is 3. The first-order valence-electron chi connectivity index (χ1n) is 9.51. The Morgan fingerprint density at radius 1 is 0.759 bits per heavy atom. The van der Waals surface area contributed by atoms with Gasteiger partial charge in [-0.1, -0.05) is 72.3 Å². The molecule has 0 bridgehead atoms. The van der Waals surface area contributed by atoms with Crippen LogP contribution in [0.4, 0.5) is 0 Å². The van der Waals surface area contributed by atoms with Crippen molar-refractivity contribution in [3.05, 3.63) is 108 Å². The molecule has 2 nitrogen and oxygen atoms in total. The molecule has 0 N–H and O–H groups in total. The van der Waals surface area contributed by atoms with Gasteiger partial charge < -0.3 is 8.97 Å². The summed E-state index contributed by atoms with van der Waals surface area (Å²) in [6.07, 6.45) is 2.04. The van der Waals surface area contributed by atoms with Gasteiger partial charge in [0.15, 0.2) is 7.14 Å². The van der Waals surface area contributed by atoms with Crippen LogP contribution in [0.25, 0.3) is 16.4 Å². The third-order valence-electron chi connectivity index (χ3n) is 5.52. The van der Waals surface area contributed by atoms with E-state index in [1.165, 1.54) is 0 Å². The fraction of sp³-hybridized carbons (Fsp3) is 0.0400. The zero-order valence-corrected chi connectivity index (χ0v) is 17.6. The number of aryl methyl sites for hydroxylation is 1. The zero-order valence-electron chi connectivity index (χ0n) is 15.9. The Balaban J connectivity index is 2.01. The van der Waals surface area contributed by atoms with Gasteiger partial charge in [0.25, 0.3) is 0 Å².